The Morgan fingerprint density at radius 1 is 1.03 bits per heavy atom. The summed E-state index contributed by atoms with van der Waals surface area (Å²) in [5.74, 6) is 0.246. The monoisotopic (exact) mass is 581 g/mol. The highest BCUT2D eigenvalue weighted by Crippen LogP contribution is 2.33. The fourth-order valence-electron chi connectivity index (χ4n) is 6.53. The van der Waals surface area contributed by atoms with Gasteiger partial charge in [-0.2, -0.15) is 27.0 Å². The third-order valence-electron chi connectivity index (χ3n) is 8.66. The van der Waals surface area contributed by atoms with E-state index in [1.165, 1.54) is 5.56 Å². The minimum absolute atomic E-state index is 0. The van der Waals surface area contributed by atoms with Gasteiger partial charge in [0, 0.05) is 25.8 Å². The normalized spacial score (nSPS) is 24.3. The van der Waals surface area contributed by atoms with Crippen molar-refractivity contribution < 1.29 is 23.9 Å². The summed E-state index contributed by atoms with van der Waals surface area (Å²) < 4.78 is 10.8. The van der Waals surface area contributed by atoms with E-state index in [1.807, 2.05) is 12.1 Å². The molecular formula is C29H47N3O5S2. The van der Waals surface area contributed by atoms with E-state index >= 15 is 0 Å². The van der Waals surface area contributed by atoms with Crippen molar-refractivity contribution >= 4 is 44.6 Å². The van der Waals surface area contributed by atoms with Crippen LogP contribution in [0, 0.1) is 5.92 Å². The third kappa shape index (κ3) is 7.58. The quantitative estimate of drug-likeness (QED) is 0.507. The standard InChI is InChI=1S/C28H39N3O5.CH4.2H2S/c1-35-17-16-30-13-10-20(11-14-30)19-6-8-22(9-7-19)27(33)29-25(21-4-2-3-5-21)28(34)31-15-12-24-26(31)23(32)18-36-24;;;/h6-9,20-21,24-26H,2-5,10-18H2,1H3,(H,29,33);1H4;2*1H2/t24-,25+,26-;;;/m1.../s1. The molecule has 39 heavy (non-hydrogen) atoms. The molecule has 8 nitrogen and oxygen atoms in total. The third-order valence-corrected chi connectivity index (χ3v) is 8.66. The van der Waals surface area contributed by atoms with Gasteiger partial charge in [-0.1, -0.05) is 32.4 Å². The fourth-order valence-corrected chi connectivity index (χ4v) is 6.53. The number of piperidine rings is 1. The largest absolute Gasteiger partial charge is 0.383 e. The van der Waals surface area contributed by atoms with Gasteiger partial charge in [-0.3, -0.25) is 14.4 Å². The number of amides is 2. The molecule has 10 heteroatoms. The minimum Gasteiger partial charge on any atom is -0.383 e. The zero-order chi connectivity index (χ0) is 25.1. The molecule has 2 amide bonds. The first-order valence-electron chi connectivity index (χ1n) is 13.6. The Kier molecular flexibility index (Phi) is 13.3. The average molecular weight is 582 g/mol. The van der Waals surface area contributed by atoms with E-state index in [0.29, 0.717) is 24.4 Å². The van der Waals surface area contributed by atoms with E-state index in [9.17, 15) is 14.4 Å². The molecule has 1 N–H and O–H groups in total. The lowest BCUT2D eigenvalue weighted by atomic mass is 9.89. The Morgan fingerprint density at radius 3 is 2.33 bits per heavy atom. The molecule has 5 rings (SSSR count). The number of Topliss-reactive ketones (excluding diaryl/α,β-unsaturated/α-hetero) is 1. The molecule has 3 atom stereocenters. The SMILES string of the molecule is C.COCCN1CCC(c2ccc(C(=O)N[C@H](C(=O)N3CC[C@H]4OCC(=O)[C@H]43)C3CCCC3)cc2)CC1.S.S. The van der Waals surface area contributed by atoms with Crippen LogP contribution in [0.4, 0.5) is 0 Å². The summed E-state index contributed by atoms with van der Waals surface area (Å²) in [5, 5.41) is 3.07. The van der Waals surface area contributed by atoms with Gasteiger partial charge in [0.25, 0.3) is 5.91 Å². The van der Waals surface area contributed by atoms with Gasteiger partial charge < -0.3 is 24.6 Å². The zero-order valence-corrected chi connectivity index (χ0v) is 24.3. The highest BCUT2D eigenvalue weighted by molar-refractivity contribution is 7.59. The Hall–Kier alpha value is -1.59. The fraction of sp³-hybridized carbons (Fsp3) is 0.690. The van der Waals surface area contributed by atoms with Crippen LogP contribution in [-0.4, -0.2) is 92.1 Å². The van der Waals surface area contributed by atoms with Gasteiger partial charge in [0.2, 0.25) is 5.91 Å². The van der Waals surface area contributed by atoms with Crippen LogP contribution in [0.25, 0.3) is 0 Å². The molecule has 4 fully saturated rings. The zero-order valence-electron chi connectivity index (χ0n) is 22.3. The number of fused-ring (bicyclic) bond motifs is 1. The number of rotatable bonds is 8. The van der Waals surface area contributed by atoms with E-state index in [2.05, 4.69) is 22.3 Å². The number of nitrogens with zero attached hydrogens (tertiary/aromatic N) is 2. The Balaban J connectivity index is 0.00000178. The van der Waals surface area contributed by atoms with Gasteiger partial charge in [0.05, 0.1) is 12.7 Å². The first-order valence-corrected chi connectivity index (χ1v) is 13.6. The molecule has 4 aliphatic rings. The van der Waals surface area contributed by atoms with Crippen molar-refractivity contribution in [2.75, 3.05) is 46.5 Å². The van der Waals surface area contributed by atoms with Gasteiger partial charge in [0.15, 0.2) is 5.78 Å². The van der Waals surface area contributed by atoms with Gasteiger partial charge in [-0.25, -0.2) is 0 Å². The Labute approximate surface area is 247 Å². The summed E-state index contributed by atoms with van der Waals surface area (Å²) >= 11 is 0. The highest BCUT2D eigenvalue weighted by Gasteiger charge is 2.49. The van der Waals surface area contributed by atoms with Crippen molar-refractivity contribution in [3.05, 3.63) is 35.4 Å². The van der Waals surface area contributed by atoms with E-state index in [4.69, 9.17) is 9.47 Å². The van der Waals surface area contributed by atoms with E-state index in [1.54, 1.807) is 12.0 Å². The summed E-state index contributed by atoms with van der Waals surface area (Å²) in [6, 6.07) is 6.82. The molecule has 0 bridgehead atoms. The van der Waals surface area contributed by atoms with Crippen LogP contribution in [0.1, 0.15) is 74.2 Å². The maximum Gasteiger partial charge on any atom is 0.251 e. The second kappa shape index (κ2) is 15.4. The van der Waals surface area contributed by atoms with Crippen molar-refractivity contribution in [2.24, 2.45) is 5.92 Å². The van der Waals surface area contributed by atoms with Crippen molar-refractivity contribution in [1.29, 1.82) is 0 Å². The summed E-state index contributed by atoms with van der Waals surface area (Å²) in [6.07, 6.45) is 6.67. The van der Waals surface area contributed by atoms with Crippen molar-refractivity contribution in [3.63, 3.8) is 0 Å². The second-order valence-electron chi connectivity index (χ2n) is 10.8. The Bertz CT molecular complexity index is 949. The first kappa shape index (κ1) is 33.6. The topological polar surface area (TPSA) is 88.2 Å². The lowest BCUT2D eigenvalue weighted by molar-refractivity contribution is -0.139. The summed E-state index contributed by atoms with van der Waals surface area (Å²) in [6.45, 7) is 4.46. The number of carbonyl (C=O) groups excluding carboxylic acids is 3. The predicted octanol–water partition coefficient (Wildman–Crippen LogP) is 3.23. The molecule has 1 aromatic rings. The number of carbonyl (C=O) groups is 3. The number of hydrogen-bond donors (Lipinski definition) is 1. The number of ether oxygens (including phenoxy) is 2. The number of ketones is 1. The number of nitrogens with one attached hydrogen (secondary N) is 1. The minimum atomic E-state index is -0.594. The molecule has 1 aliphatic carbocycles. The molecule has 0 unspecified atom stereocenters. The highest BCUT2D eigenvalue weighted by atomic mass is 32.1. The van der Waals surface area contributed by atoms with Crippen molar-refractivity contribution in [2.45, 2.75) is 76.5 Å². The van der Waals surface area contributed by atoms with Crippen molar-refractivity contribution in [3.8, 4) is 0 Å². The van der Waals surface area contributed by atoms with Gasteiger partial charge >= 0.3 is 0 Å². The molecule has 3 saturated heterocycles. The van der Waals surface area contributed by atoms with Crippen molar-refractivity contribution in [1.82, 2.24) is 15.1 Å². The van der Waals surface area contributed by atoms with Crippen LogP contribution in [0.15, 0.2) is 24.3 Å². The maximum absolute atomic E-state index is 13.6. The van der Waals surface area contributed by atoms with Gasteiger partial charge in [-0.15, -0.1) is 0 Å². The first-order chi connectivity index (χ1) is 17.5. The van der Waals surface area contributed by atoms with Crippen LogP contribution >= 0.6 is 27.0 Å². The van der Waals surface area contributed by atoms with Crippen LogP contribution < -0.4 is 5.32 Å². The summed E-state index contributed by atoms with van der Waals surface area (Å²) in [4.78, 5) is 43.4. The molecular weight excluding hydrogens is 534 g/mol. The molecule has 1 aromatic carbocycles. The molecule has 1 saturated carbocycles. The van der Waals surface area contributed by atoms with Crippen LogP contribution in [-0.2, 0) is 19.1 Å². The van der Waals surface area contributed by atoms with Gasteiger partial charge in [0.1, 0.15) is 18.7 Å². The maximum atomic E-state index is 13.6. The lowest BCUT2D eigenvalue weighted by Gasteiger charge is -2.32. The number of hydrogen-bond acceptors (Lipinski definition) is 6. The van der Waals surface area contributed by atoms with Gasteiger partial charge in [-0.05, 0) is 74.7 Å². The van der Waals surface area contributed by atoms with Crippen LogP contribution in [0.3, 0.4) is 0 Å². The van der Waals surface area contributed by atoms with E-state index < -0.39 is 12.1 Å². The smallest absolute Gasteiger partial charge is 0.251 e. The lowest BCUT2D eigenvalue weighted by Crippen LogP contribution is -2.54. The van der Waals surface area contributed by atoms with E-state index in [0.717, 1.165) is 64.8 Å². The second-order valence-corrected chi connectivity index (χ2v) is 10.8. The summed E-state index contributed by atoms with van der Waals surface area (Å²) in [5.41, 5.74) is 1.84. The Morgan fingerprint density at radius 2 is 1.69 bits per heavy atom. The number of likely N-dealkylation sites (tertiary alicyclic amines) is 2. The average Bonchev–Trinajstić information content (AvgIpc) is 3.66. The molecule has 0 aromatic heterocycles. The predicted molar refractivity (Wildman–Crippen MR) is 162 cm³/mol. The van der Waals surface area contributed by atoms with Crippen LogP contribution in [0.5, 0.6) is 0 Å². The summed E-state index contributed by atoms with van der Waals surface area (Å²) in [7, 11) is 1.74. The molecule has 0 radical (unpaired) electrons. The molecule has 220 valence electrons. The molecule has 3 aliphatic heterocycles. The number of methoxy groups -OCH3 is 1. The van der Waals surface area contributed by atoms with E-state index in [-0.39, 0.29) is 70.6 Å². The molecule has 3 heterocycles. The molecule has 0 spiro atoms. The number of benzene rings is 1. The van der Waals surface area contributed by atoms with Crippen LogP contribution in [0.2, 0.25) is 0 Å².